The molecule has 3 aromatic rings. The largest absolute Gasteiger partial charge is 0.495 e. The fourth-order valence-corrected chi connectivity index (χ4v) is 2.44. The van der Waals surface area contributed by atoms with Gasteiger partial charge in [0.1, 0.15) is 23.6 Å². The molecule has 26 heavy (non-hydrogen) atoms. The Morgan fingerprint density at radius 1 is 0.962 bits per heavy atom. The van der Waals surface area contributed by atoms with Crippen LogP contribution in [0.3, 0.4) is 0 Å². The number of anilines is 3. The molecule has 0 spiro atoms. The maximum Gasteiger partial charge on any atom is 0.274 e. The van der Waals surface area contributed by atoms with Crippen LogP contribution < -0.4 is 15.4 Å². The third-order valence-corrected chi connectivity index (χ3v) is 3.83. The summed E-state index contributed by atoms with van der Waals surface area (Å²) in [6.07, 6.45) is 1.36. The maximum atomic E-state index is 12.4. The zero-order valence-corrected chi connectivity index (χ0v) is 14.9. The lowest BCUT2D eigenvalue weighted by Gasteiger charge is -2.12. The number of nitrogens with one attached hydrogen (secondary N) is 2. The molecular weight excluding hydrogens is 328 g/mol. The SMILES string of the molecule is COc1ccc(C)cc1Nc1cc(C(=O)Nc2ccc(C)cc2)ncn1. The number of carbonyl (C=O) groups is 1. The summed E-state index contributed by atoms with van der Waals surface area (Å²) in [5.41, 5.74) is 3.98. The summed E-state index contributed by atoms with van der Waals surface area (Å²) in [4.78, 5) is 20.7. The van der Waals surface area contributed by atoms with Crippen molar-refractivity contribution in [3.05, 3.63) is 71.7 Å². The van der Waals surface area contributed by atoms with Crippen molar-refractivity contribution < 1.29 is 9.53 Å². The van der Waals surface area contributed by atoms with Crippen LogP contribution in [0.1, 0.15) is 21.6 Å². The molecule has 132 valence electrons. The second-order valence-electron chi connectivity index (χ2n) is 5.94. The summed E-state index contributed by atoms with van der Waals surface area (Å²) in [6.45, 7) is 3.98. The van der Waals surface area contributed by atoms with Gasteiger partial charge in [-0.2, -0.15) is 0 Å². The summed E-state index contributed by atoms with van der Waals surface area (Å²) in [5, 5.41) is 6.00. The fraction of sp³-hybridized carbons (Fsp3) is 0.150. The molecule has 0 aliphatic rings. The third kappa shape index (κ3) is 4.16. The van der Waals surface area contributed by atoms with E-state index in [-0.39, 0.29) is 11.6 Å². The van der Waals surface area contributed by atoms with E-state index in [1.54, 1.807) is 13.2 Å². The zero-order valence-electron chi connectivity index (χ0n) is 14.9. The summed E-state index contributed by atoms with van der Waals surface area (Å²) in [7, 11) is 1.61. The van der Waals surface area contributed by atoms with Crippen molar-refractivity contribution in [1.82, 2.24) is 9.97 Å². The minimum Gasteiger partial charge on any atom is -0.495 e. The average molecular weight is 348 g/mol. The summed E-state index contributed by atoms with van der Waals surface area (Å²) >= 11 is 0. The van der Waals surface area contributed by atoms with E-state index in [0.717, 1.165) is 16.8 Å². The number of rotatable bonds is 5. The van der Waals surface area contributed by atoms with Crippen LogP contribution in [0.2, 0.25) is 0 Å². The summed E-state index contributed by atoms with van der Waals surface area (Å²) < 4.78 is 5.35. The number of methoxy groups -OCH3 is 1. The van der Waals surface area contributed by atoms with E-state index < -0.39 is 0 Å². The number of aryl methyl sites for hydroxylation is 2. The van der Waals surface area contributed by atoms with E-state index in [1.807, 2.05) is 56.3 Å². The van der Waals surface area contributed by atoms with Gasteiger partial charge in [-0.15, -0.1) is 0 Å². The zero-order chi connectivity index (χ0) is 18.5. The number of aromatic nitrogens is 2. The Morgan fingerprint density at radius 2 is 1.69 bits per heavy atom. The van der Waals surface area contributed by atoms with Gasteiger partial charge in [0.2, 0.25) is 0 Å². The molecule has 0 fully saturated rings. The number of nitrogens with zero attached hydrogens (tertiary/aromatic N) is 2. The molecule has 6 nitrogen and oxygen atoms in total. The Morgan fingerprint density at radius 3 is 2.42 bits per heavy atom. The smallest absolute Gasteiger partial charge is 0.274 e. The molecule has 6 heteroatoms. The number of hydrogen-bond donors (Lipinski definition) is 2. The van der Waals surface area contributed by atoms with Gasteiger partial charge in [0.05, 0.1) is 12.8 Å². The van der Waals surface area contributed by atoms with Crippen LogP contribution in [-0.2, 0) is 0 Å². The average Bonchev–Trinajstić information content (AvgIpc) is 2.64. The molecule has 2 N–H and O–H groups in total. The summed E-state index contributed by atoms with van der Waals surface area (Å²) in [6, 6.07) is 15.0. The molecule has 0 bridgehead atoms. The molecule has 1 heterocycles. The number of carbonyl (C=O) groups excluding carboxylic acids is 1. The Bertz CT molecular complexity index is 923. The lowest BCUT2D eigenvalue weighted by molar-refractivity contribution is 0.102. The van der Waals surface area contributed by atoms with Gasteiger partial charge in [-0.1, -0.05) is 23.8 Å². The van der Waals surface area contributed by atoms with Crippen LogP contribution >= 0.6 is 0 Å². The van der Waals surface area contributed by atoms with Crippen LogP contribution in [0.4, 0.5) is 17.2 Å². The highest BCUT2D eigenvalue weighted by Crippen LogP contribution is 2.27. The standard InChI is InChI=1S/C20H20N4O2/c1-13-4-7-15(8-5-13)23-20(25)17-11-19(22-12-21-17)24-16-10-14(2)6-9-18(16)26-3/h4-12H,1-3H3,(H,23,25)(H,21,22,24). The maximum absolute atomic E-state index is 12.4. The van der Waals surface area contributed by atoms with E-state index in [2.05, 4.69) is 20.6 Å². The first-order valence-electron chi connectivity index (χ1n) is 8.17. The van der Waals surface area contributed by atoms with E-state index in [0.29, 0.717) is 17.3 Å². The van der Waals surface area contributed by atoms with Crippen LogP contribution in [-0.4, -0.2) is 23.0 Å². The van der Waals surface area contributed by atoms with Crippen molar-refractivity contribution in [2.45, 2.75) is 13.8 Å². The summed E-state index contributed by atoms with van der Waals surface area (Å²) in [5.74, 6) is 0.910. The van der Waals surface area contributed by atoms with E-state index in [1.165, 1.54) is 6.33 Å². The molecular formula is C20H20N4O2. The monoisotopic (exact) mass is 348 g/mol. The van der Waals surface area contributed by atoms with Gasteiger partial charge in [-0.05, 0) is 43.7 Å². The molecule has 1 amide bonds. The molecule has 0 atom stereocenters. The van der Waals surface area contributed by atoms with Gasteiger partial charge in [0.15, 0.2) is 0 Å². The Kier molecular flexibility index (Phi) is 5.12. The van der Waals surface area contributed by atoms with E-state index >= 15 is 0 Å². The fourth-order valence-electron chi connectivity index (χ4n) is 2.44. The number of hydrogen-bond acceptors (Lipinski definition) is 5. The Hall–Kier alpha value is -3.41. The highest BCUT2D eigenvalue weighted by atomic mass is 16.5. The van der Waals surface area contributed by atoms with Gasteiger partial charge in [0.25, 0.3) is 5.91 Å². The van der Waals surface area contributed by atoms with Crippen molar-refractivity contribution in [2.24, 2.45) is 0 Å². The van der Waals surface area contributed by atoms with Crippen LogP contribution in [0.15, 0.2) is 54.9 Å². The van der Waals surface area contributed by atoms with Gasteiger partial charge in [0, 0.05) is 11.8 Å². The Labute approximate surface area is 152 Å². The molecule has 0 saturated heterocycles. The minimum atomic E-state index is -0.296. The first-order chi connectivity index (χ1) is 12.5. The van der Waals surface area contributed by atoms with Crippen molar-refractivity contribution >= 4 is 23.1 Å². The predicted molar refractivity (Wildman–Crippen MR) is 102 cm³/mol. The second kappa shape index (κ2) is 7.65. The second-order valence-corrected chi connectivity index (χ2v) is 5.94. The van der Waals surface area contributed by atoms with Crippen LogP contribution in [0.25, 0.3) is 0 Å². The first kappa shape index (κ1) is 17.4. The normalized spacial score (nSPS) is 10.3. The molecule has 0 aliphatic heterocycles. The van der Waals surface area contributed by atoms with E-state index in [9.17, 15) is 4.79 Å². The van der Waals surface area contributed by atoms with Crippen molar-refractivity contribution in [1.29, 1.82) is 0 Å². The van der Waals surface area contributed by atoms with Gasteiger partial charge in [-0.25, -0.2) is 9.97 Å². The lowest BCUT2D eigenvalue weighted by Crippen LogP contribution is -2.14. The van der Waals surface area contributed by atoms with Crippen molar-refractivity contribution in [2.75, 3.05) is 17.7 Å². The number of amides is 1. The first-order valence-corrected chi connectivity index (χ1v) is 8.17. The van der Waals surface area contributed by atoms with Gasteiger partial charge >= 0.3 is 0 Å². The number of ether oxygens (including phenoxy) is 1. The molecule has 1 aromatic heterocycles. The molecule has 0 radical (unpaired) electrons. The van der Waals surface area contributed by atoms with E-state index in [4.69, 9.17) is 4.74 Å². The highest BCUT2D eigenvalue weighted by Gasteiger charge is 2.11. The van der Waals surface area contributed by atoms with Crippen molar-refractivity contribution in [3.63, 3.8) is 0 Å². The predicted octanol–water partition coefficient (Wildman–Crippen LogP) is 4.10. The molecule has 2 aromatic carbocycles. The molecule has 0 aliphatic carbocycles. The third-order valence-electron chi connectivity index (χ3n) is 3.83. The highest BCUT2D eigenvalue weighted by molar-refractivity contribution is 6.03. The van der Waals surface area contributed by atoms with Crippen LogP contribution in [0, 0.1) is 13.8 Å². The molecule has 3 rings (SSSR count). The van der Waals surface area contributed by atoms with Gasteiger partial charge in [-0.3, -0.25) is 4.79 Å². The minimum absolute atomic E-state index is 0.273. The quantitative estimate of drug-likeness (QED) is 0.726. The lowest BCUT2D eigenvalue weighted by atomic mass is 10.2. The van der Waals surface area contributed by atoms with Crippen LogP contribution in [0.5, 0.6) is 5.75 Å². The Balaban J connectivity index is 1.79. The molecule has 0 saturated carbocycles. The van der Waals surface area contributed by atoms with Crippen molar-refractivity contribution in [3.8, 4) is 5.75 Å². The van der Waals surface area contributed by atoms with Gasteiger partial charge < -0.3 is 15.4 Å². The topological polar surface area (TPSA) is 76.1 Å². The molecule has 0 unspecified atom stereocenters. The number of benzene rings is 2.